The van der Waals surface area contributed by atoms with Crippen molar-refractivity contribution in [3.05, 3.63) is 47.7 Å². The van der Waals surface area contributed by atoms with Crippen LogP contribution in [-0.4, -0.2) is 45.9 Å². The Morgan fingerprint density at radius 2 is 2.13 bits per heavy atom. The second kappa shape index (κ2) is 9.76. The molecular weight excluding hydrogens is 416 g/mol. The molecule has 0 spiro atoms. The zero-order valence-corrected chi connectivity index (χ0v) is 18.9. The molecule has 30 heavy (non-hydrogen) atoms. The number of rotatable bonds is 7. The summed E-state index contributed by atoms with van der Waals surface area (Å²) in [6.07, 6.45) is 1.93. The molecule has 3 heterocycles. The van der Waals surface area contributed by atoms with Gasteiger partial charge in [0.2, 0.25) is 11.8 Å². The monoisotopic (exact) mass is 442 g/mol. The first-order valence-electron chi connectivity index (χ1n) is 10.3. The van der Waals surface area contributed by atoms with Gasteiger partial charge in [-0.1, -0.05) is 32.0 Å². The Kier molecular flexibility index (Phi) is 6.86. The Bertz CT molecular complexity index is 973. The highest BCUT2D eigenvalue weighted by Gasteiger charge is 2.26. The number of nitrogens with zero attached hydrogens (tertiary/aromatic N) is 4. The largest absolute Gasteiger partial charge is 0.419 e. The van der Waals surface area contributed by atoms with Gasteiger partial charge in [-0.2, -0.15) is 0 Å². The van der Waals surface area contributed by atoms with Crippen LogP contribution in [0.3, 0.4) is 0 Å². The Labute approximate surface area is 185 Å². The highest BCUT2D eigenvalue weighted by molar-refractivity contribution is 8.00. The van der Waals surface area contributed by atoms with E-state index in [2.05, 4.69) is 35.0 Å². The second-order valence-corrected chi connectivity index (χ2v) is 9.85. The van der Waals surface area contributed by atoms with E-state index in [1.807, 2.05) is 52.4 Å². The van der Waals surface area contributed by atoms with Crippen molar-refractivity contribution in [3.63, 3.8) is 0 Å². The summed E-state index contributed by atoms with van der Waals surface area (Å²) in [7, 11) is 0. The quantitative estimate of drug-likeness (QED) is 0.517. The molecule has 1 aliphatic heterocycles. The van der Waals surface area contributed by atoms with Crippen molar-refractivity contribution in [3.8, 4) is 10.8 Å². The molecule has 0 unspecified atom stereocenters. The molecule has 4 rings (SSSR count). The van der Waals surface area contributed by atoms with Gasteiger partial charge in [0.15, 0.2) is 0 Å². The molecule has 158 valence electrons. The number of anilines is 1. The Balaban J connectivity index is 1.47. The molecule has 0 aliphatic carbocycles. The summed E-state index contributed by atoms with van der Waals surface area (Å²) in [5.74, 6) is 1.19. The summed E-state index contributed by atoms with van der Waals surface area (Å²) in [5.41, 5.74) is 1.02. The molecule has 0 saturated carbocycles. The molecule has 8 heteroatoms. The number of hydrogen-bond acceptors (Lipinski definition) is 7. The van der Waals surface area contributed by atoms with E-state index in [0.29, 0.717) is 30.1 Å². The van der Waals surface area contributed by atoms with E-state index >= 15 is 0 Å². The SMILES string of the molecule is CCCN(CC(=O)N1CC[C@@H](C)Sc2ccccc21)Cc1nnc(-c2cccs2)o1. The molecule has 6 nitrogen and oxygen atoms in total. The third-order valence-corrected chi connectivity index (χ3v) is 7.10. The number of hydrogen-bond donors (Lipinski definition) is 0. The van der Waals surface area contributed by atoms with Crippen LogP contribution in [0.1, 0.15) is 32.6 Å². The third-order valence-electron chi connectivity index (χ3n) is 5.00. The number of fused-ring (bicyclic) bond motifs is 1. The van der Waals surface area contributed by atoms with Crippen LogP contribution in [0.4, 0.5) is 5.69 Å². The van der Waals surface area contributed by atoms with Gasteiger partial charge in [-0.25, -0.2) is 0 Å². The molecule has 0 fully saturated rings. The molecule has 0 radical (unpaired) electrons. The molecule has 1 atom stereocenters. The molecule has 1 aliphatic rings. The van der Waals surface area contributed by atoms with E-state index in [-0.39, 0.29) is 5.91 Å². The number of benzene rings is 1. The highest BCUT2D eigenvalue weighted by atomic mass is 32.2. The van der Waals surface area contributed by atoms with Crippen LogP contribution < -0.4 is 4.90 Å². The van der Waals surface area contributed by atoms with Gasteiger partial charge in [0.25, 0.3) is 5.89 Å². The lowest BCUT2D eigenvalue weighted by Gasteiger charge is -2.26. The smallest absolute Gasteiger partial charge is 0.257 e. The van der Waals surface area contributed by atoms with Crippen LogP contribution in [0.2, 0.25) is 0 Å². The average molecular weight is 443 g/mol. The fourth-order valence-electron chi connectivity index (χ4n) is 3.56. The normalized spacial score (nSPS) is 16.5. The minimum atomic E-state index is 0.114. The van der Waals surface area contributed by atoms with E-state index < -0.39 is 0 Å². The molecule has 0 N–H and O–H groups in total. The van der Waals surface area contributed by atoms with Gasteiger partial charge < -0.3 is 9.32 Å². The number of aromatic nitrogens is 2. The van der Waals surface area contributed by atoms with Crippen LogP contribution in [0.15, 0.2) is 51.1 Å². The number of thioether (sulfide) groups is 1. The standard InChI is InChI=1S/C22H26N4O2S2/c1-3-11-25(14-20-23-24-22(28-20)19-9-6-13-29-19)15-21(27)26-12-10-16(2)30-18-8-5-4-7-17(18)26/h4-9,13,16H,3,10-12,14-15H2,1-2H3/t16-/m1/s1. The fraction of sp³-hybridized carbons (Fsp3) is 0.409. The van der Waals surface area contributed by atoms with E-state index in [1.54, 1.807) is 11.3 Å². The van der Waals surface area contributed by atoms with Crippen LogP contribution in [-0.2, 0) is 11.3 Å². The third kappa shape index (κ3) is 4.94. The molecule has 1 aromatic carbocycles. The fourth-order valence-corrected chi connectivity index (χ4v) is 5.32. The summed E-state index contributed by atoms with van der Waals surface area (Å²) >= 11 is 3.42. The number of amides is 1. The second-order valence-electron chi connectivity index (χ2n) is 7.42. The maximum absolute atomic E-state index is 13.3. The minimum absolute atomic E-state index is 0.114. The molecule has 2 aromatic heterocycles. The average Bonchev–Trinajstić information content (AvgIpc) is 3.38. The summed E-state index contributed by atoms with van der Waals surface area (Å²) in [5, 5.41) is 10.8. The zero-order chi connectivity index (χ0) is 20.9. The summed E-state index contributed by atoms with van der Waals surface area (Å²) < 4.78 is 5.84. The predicted octanol–water partition coefficient (Wildman–Crippen LogP) is 4.93. The molecule has 3 aromatic rings. The number of para-hydroxylation sites is 1. The Hall–Kier alpha value is -2.16. The van der Waals surface area contributed by atoms with E-state index in [0.717, 1.165) is 36.5 Å². The predicted molar refractivity (Wildman–Crippen MR) is 122 cm³/mol. The minimum Gasteiger partial charge on any atom is -0.419 e. The van der Waals surface area contributed by atoms with E-state index in [4.69, 9.17) is 4.42 Å². The number of carbonyl (C=O) groups excluding carboxylic acids is 1. The van der Waals surface area contributed by atoms with Crippen molar-refractivity contribution < 1.29 is 9.21 Å². The van der Waals surface area contributed by atoms with Crippen LogP contribution in [0, 0.1) is 0 Å². The molecule has 1 amide bonds. The summed E-state index contributed by atoms with van der Waals surface area (Å²) in [6.45, 7) is 6.67. The van der Waals surface area contributed by atoms with Gasteiger partial charge in [-0.3, -0.25) is 9.69 Å². The van der Waals surface area contributed by atoms with Crippen molar-refractivity contribution in [2.45, 2.75) is 43.4 Å². The maximum Gasteiger partial charge on any atom is 0.257 e. The van der Waals surface area contributed by atoms with Gasteiger partial charge >= 0.3 is 0 Å². The Morgan fingerprint density at radius 3 is 2.93 bits per heavy atom. The van der Waals surface area contributed by atoms with Crippen molar-refractivity contribution in [2.75, 3.05) is 24.5 Å². The first-order valence-corrected chi connectivity index (χ1v) is 12.0. The van der Waals surface area contributed by atoms with E-state index in [1.165, 1.54) is 4.90 Å². The van der Waals surface area contributed by atoms with Gasteiger partial charge in [-0.05, 0) is 43.0 Å². The lowest BCUT2D eigenvalue weighted by Crippen LogP contribution is -2.41. The first-order chi connectivity index (χ1) is 14.6. The van der Waals surface area contributed by atoms with Crippen molar-refractivity contribution >= 4 is 34.7 Å². The van der Waals surface area contributed by atoms with Crippen LogP contribution in [0.25, 0.3) is 10.8 Å². The summed E-state index contributed by atoms with van der Waals surface area (Å²) in [4.78, 5) is 19.5. The lowest BCUT2D eigenvalue weighted by atomic mass is 10.2. The summed E-state index contributed by atoms with van der Waals surface area (Å²) in [6, 6.07) is 12.1. The molecule has 0 saturated heterocycles. The topological polar surface area (TPSA) is 62.5 Å². The van der Waals surface area contributed by atoms with Gasteiger partial charge in [0, 0.05) is 16.7 Å². The van der Waals surface area contributed by atoms with Gasteiger partial charge in [0.05, 0.1) is 23.7 Å². The maximum atomic E-state index is 13.3. The molecule has 0 bridgehead atoms. The number of carbonyl (C=O) groups is 1. The Morgan fingerprint density at radius 1 is 1.27 bits per heavy atom. The van der Waals surface area contributed by atoms with Crippen molar-refractivity contribution in [2.24, 2.45) is 0 Å². The van der Waals surface area contributed by atoms with Crippen molar-refractivity contribution in [1.29, 1.82) is 0 Å². The lowest BCUT2D eigenvalue weighted by molar-refractivity contribution is -0.120. The number of thiophene rings is 1. The van der Waals surface area contributed by atoms with Crippen molar-refractivity contribution in [1.82, 2.24) is 15.1 Å². The highest BCUT2D eigenvalue weighted by Crippen LogP contribution is 2.37. The first kappa shape index (κ1) is 21.1. The van der Waals surface area contributed by atoms with Gasteiger partial charge in [0.1, 0.15) is 0 Å². The molecular formula is C22H26N4O2S2. The van der Waals surface area contributed by atoms with E-state index in [9.17, 15) is 4.79 Å². The van der Waals surface area contributed by atoms with Gasteiger partial charge in [-0.15, -0.1) is 33.3 Å². The van der Waals surface area contributed by atoms with Crippen LogP contribution in [0.5, 0.6) is 0 Å². The zero-order valence-electron chi connectivity index (χ0n) is 17.3. The van der Waals surface area contributed by atoms with Crippen LogP contribution >= 0.6 is 23.1 Å².